The van der Waals surface area contributed by atoms with Gasteiger partial charge in [0, 0.05) is 41.3 Å². The van der Waals surface area contributed by atoms with E-state index in [-0.39, 0.29) is 5.92 Å². The predicted octanol–water partition coefficient (Wildman–Crippen LogP) is 3.53. The van der Waals surface area contributed by atoms with Crippen molar-refractivity contribution in [3.63, 3.8) is 0 Å². The Morgan fingerprint density at radius 3 is 2.77 bits per heavy atom. The Morgan fingerprint density at radius 2 is 2.05 bits per heavy atom. The van der Waals surface area contributed by atoms with E-state index in [4.69, 9.17) is 16.7 Å². The summed E-state index contributed by atoms with van der Waals surface area (Å²) in [6.45, 7) is 1.80. The molecule has 0 amide bonds. The summed E-state index contributed by atoms with van der Waals surface area (Å²) in [4.78, 5) is 10.9. The molecule has 1 aromatic heterocycles. The number of hydrogen-bond donors (Lipinski definition) is 2. The highest BCUT2D eigenvalue weighted by atomic mass is 35.5. The molecule has 1 fully saturated rings. The maximum absolute atomic E-state index is 10.9. The lowest BCUT2D eigenvalue weighted by Gasteiger charge is -2.27. The van der Waals surface area contributed by atoms with E-state index in [1.165, 1.54) is 5.52 Å². The number of hydrogen-bond acceptors (Lipinski definition) is 2. The number of carboxylic acids is 1. The van der Waals surface area contributed by atoms with E-state index in [9.17, 15) is 4.79 Å². The molecule has 0 radical (unpaired) electrons. The number of benzene rings is 1. The lowest BCUT2D eigenvalue weighted by Crippen LogP contribution is -2.36. The lowest BCUT2D eigenvalue weighted by atomic mass is 9.86. The number of nitrogens with one attached hydrogen (secondary N) is 1. The van der Waals surface area contributed by atoms with Gasteiger partial charge in [0.05, 0.1) is 5.92 Å². The summed E-state index contributed by atoms with van der Waals surface area (Å²) in [7, 11) is 0. The van der Waals surface area contributed by atoms with Gasteiger partial charge in [0.2, 0.25) is 0 Å². The van der Waals surface area contributed by atoms with Crippen molar-refractivity contribution in [1.82, 2.24) is 9.88 Å². The molecule has 3 rings (SSSR count). The van der Waals surface area contributed by atoms with E-state index in [1.807, 2.05) is 12.1 Å². The van der Waals surface area contributed by atoms with Gasteiger partial charge in [0.15, 0.2) is 0 Å². The molecule has 1 saturated carbocycles. The summed E-state index contributed by atoms with van der Waals surface area (Å²) in [5.74, 6) is -0.785. The van der Waals surface area contributed by atoms with Crippen molar-refractivity contribution in [3.05, 3.63) is 35.5 Å². The van der Waals surface area contributed by atoms with Crippen LogP contribution in [0.15, 0.2) is 30.5 Å². The third kappa shape index (κ3) is 3.45. The van der Waals surface area contributed by atoms with Crippen LogP contribution in [-0.4, -0.2) is 28.2 Å². The highest BCUT2D eigenvalue weighted by Crippen LogP contribution is 2.24. The summed E-state index contributed by atoms with van der Waals surface area (Å²) in [6.07, 6.45) is 5.58. The third-order valence-corrected chi connectivity index (χ3v) is 4.83. The number of carbonyl (C=O) groups is 1. The van der Waals surface area contributed by atoms with Gasteiger partial charge in [-0.05, 0) is 49.9 Å². The molecular weight excluding hydrogens is 300 g/mol. The SMILES string of the molecule is O=C(O)C1CCC(NCCn2ccc3cc(Cl)ccc32)CC1. The molecule has 22 heavy (non-hydrogen) atoms. The Labute approximate surface area is 135 Å². The Balaban J connectivity index is 1.50. The summed E-state index contributed by atoms with van der Waals surface area (Å²) >= 11 is 6.00. The van der Waals surface area contributed by atoms with Crippen LogP contribution in [0, 0.1) is 5.92 Å². The van der Waals surface area contributed by atoms with E-state index in [0.717, 1.165) is 49.2 Å². The Bertz CT molecular complexity index is 660. The average molecular weight is 321 g/mol. The molecule has 1 aromatic carbocycles. The van der Waals surface area contributed by atoms with Crippen LogP contribution in [0.4, 0.5) is 0 Å². The summed E-state index contributed by atoms with van der Waals surface area (Å²) < 4.78 is 2.22. The zero-order valence-corrected chi connectivity index (χ0v) is 13.2. The van der Waals surface area contributed by atoms with Gasteiger partial charge in [-0.2, -0.15) is 0 Å². The quantitative estimate of drug-likeness (QED) is 0.886. The zero-order chi connectivity index (χ0) is 15.5. The fourth-order valence-electron chi connectivity index (χ4n) is 3.30. The van der Waals surface area contributed by atoms with Crippen molar-refractivity contribution < 1.29 is 9.90 Å². The fraction of sp³-hybridized carbons (Fsp3) is 0.471. The van der Waals surface area contributed by atoms with Gasteiger partial charge < -0.3 is 15.0 Å². The molecule has 0 aliphatic heterocycles. The first-order chi connectivity index (χ1) is 10.6. The first-order valence-corrected chi connectivity index (χ1v) is 8.22. The Hall–Kier alpha value is -1.52. The molecule has 0 atom stereocenters. The second kappa shape index (κ2) is 6.71. The zero-order valence-electron chi connectivity index (χ0n) is 12.5. The van der Waals surface area contributed by atoms with Gasteiger partial charge in [0.1, 0.15) is 0 Å². The van der Waals surface area contributed by atoms with Gasteiger partial charge in [-0.3, -0.25) is 4.79 Å². The van der Waals surface area contributed by atoms with Crippen LogP contribution in [0.25, 0.3) is 10.9 Å². The number of halogens is 1. The highest BCUT2D eigenvalue weighted by molar-refractivity contribution is 6.31. The van der Waals surface area contributed by atoms with Crippen LogP contribution in [0.1, 0.15) is 25.7 Å². The van der Waals surface area contributed by atoms with Gasteiger partial charge in [0.25, 0.3) is 0 Å². The number of aromatic nitrogens is 1. The highest BCUT2D eigenvalue weighted by Gasteiger charge is 2.25. The second-order valence-electron chi connectivity index (χ2n) is 6.05. The van der Waals surface area contributed by atoms with Crippen LogP contribution in [0.2, 0.25) is 5.02 Å². The molecule has 118 valence electrons. The van der Waals surface area contributed by atoms with E-state index in [0.29, 0.717) is 6.04 Å². The Kier molecular flexibility index (Phi) is 4.69. The number of aliphatic carboxylic acids is 1. The van der Waals surface area contributed by atoms with Crippen molar-refractivity contribution in [2.45, 2.75) is 38.3 Å². The third-order valence-electron chi connectivity index (χ3n) is 4.60. The topological polar surface area (TPSA) is 54.3 Å². The minimum absolute atomic E-state index is 0.142. The van der Waals surface area contributed by atoms with Crippen LogP contribution >= 0.6 is 11.6 Å². The van der Waals surface area contributed by atoms with Crippen LogP contribution in [0.3, 0.4) is 0 Å². The largest absolute Gasteiger partial charge is 0.481 e. The molecule has 1 heterocycles. The maximum atomic E-state index is 10.9. The van der Waals surface area contributed by atoms with Crippen molar-refractivity contribution in [2.75, 3.05) is 6.54 Å². The van der Waals surface area contributed by atoms with Crippen LogP contribution in [0.5, 0.6) is 0 Å². The normalized spacial score (nSPS) is 22.0. The van der Waals surface area contributed by atoms with E-state index < -0.39 is 5.97 Å². The van der Waals surface area contributed by atoms with Gasteiger partial charge in [-0.15, -0.1) is 0 Å². The molecule has 1 aliphatic carbocycles. The van der Waals surface area contributed by atoms with Crippen molar-refractivity contribution in [3.8, 4) is 0 Å². The molecule has 2 aromatic rings. The van der Waals surface area contributed by atoms with E-state index >= 15 is 0 Å². The average Bonchev–Trinajstić information content (AvgIpc) is 2.90. The smallest absolute Gasteiger partial charge is 0.306 e. The van der Waals surface area contributed by atoms with Gasteiger partial charge in [-0.25, -0.2) is 0 Å². The number of fused-ring (bicyclic) bond motifs is 1. The molecule has 0 saturated heterocycles. The molecule has 0 unspecified atom stereocenters. The van der Waals surface area contributed by atoms with Crippen LogP contribution < -0.4 is 5.32 Å². The maximum Gasteiger partial charge on any atom is 0.306 e. The summed E-state index contributed by atoms with van der Waals surface area (Å²) in [6, 6.07) is 8.48. The van der Waals surface area contributed by atoms with Crippen molar-refractivity contribution in [2.24, 2.45) is 5.92 Å². The van der Waals surface area contributed by atoms with E-state index in [1.54, 1.807) is 0 Å². The molecule has 4 nitrogen and oxygen atoms in total. The first-order valence-electron chi connectivity index (χ1n) is 7.84. The van der Waals surface area contributed by atoms with Crippen molar-refractivity contribution >= 4 is 28.5 Å². The summed E-state index contributed by atoms with van der Waals surface area (Å²) in [5, 5.41) is 14.5. The first kappa shape index (κ1) is 15.4. The van der Waals surface area contributed by atoms with Gasteiger partial charge >= 0.3 is 5.97 Å². The predicted molar refractivity (Wildman–Crippen MR) is 88.3 cm³/mol. The molecule has 1 aliphatic rings. The minimum Gasteiger partial charge on any atom is -0.481 e. The lowest BCUT2D eigenvalue weighted by molar-refractivity contribution is -0.142. The monoisotopic (exact) mass is 320 g/mol. The van der Waals surface area contributed by atoms with Crippen molar-refractivity contribution in [1.29, 1.82) is 0 Å². The number of nitrogens with zero attached hydrogens (tertiary/aromatic N) is 1. The summed E-state index contributed by atoms with van der Waals surface area (Å²) in [5.41, 5.74) is 1.20. The fourth-order valence-corrected chi connectivity index (χ4v) is 3.48. The van der Waals surface area contributed by atoms with E-state index in [2.05, 4.69) is 28.2 Å². The Morgan fingerprint density at radius 1 is 1.27 bits per heavy atom. The molecule has 2 N–H and O–H groups in total. The number of rotatable bonds is 5. The van der Waals surface area contributed by atoms with Crippen LogP contribution in [-0.2, 0) is 11.3 Å². The standard InChI is InChI=1S/C17H21ClN2O2/c18-14-3-6-16-13(11-14)7-9-20(16)10-8-19-15-4-1-12(2-5-15)17(21)22/h3,6-7,9,11-12,15,19H,1-2,4-5,8,10H2,(H,21,22). The molecule has 0 spiro atoms. The second-order valence-corrected chi connectivity index (χ2v) is 6.49. The number of carboxylic acid groups (broad SMARTS) is 1. The molecular formula is C17H21ClN2O2. The minimum atomic E-state index is -0.643. The molecule has 0 bridgehead atoms. The molecule has 5 heteroatoms. The van der Waals surface area contributed by atoms with Gasteiger partial charge in [-0.1, -0.05) is 11.6 Å².